The monoisotopic (exact) mass is 479 g/mol. The van der Waals surface area contributed by atoms with Crippen molar-refractivity contribution in [3.63, 3.8) is 0 Å². The van der Waals surface area contributed by atoms with Crippen LogP contribution < -0.4 is 10.2 Å². The van der Waals surface area contributed by atoms with Crippen LogP contribution >= 0.6 is 27.5 Å². The van der Waals surface area contributed by atoms with Gasteiger partial charge in [0.1, 0.15) is 5.82 Å². The molecular weight excluding hydrogens is 467 g/mol. The number of nitrogens with zero attached hydrogens (tertiary/aromatic N) is 2. The van der Waals surface area contributed by atoms with E-state index in [1.807, 2.05) is 0 Å². The first-order valence-electron chi connectivity index (χ1n) is 7.80. The van der Waals surface area contributed by atoms with Gasteiger partial charge in [-0.3, -0.25) is 5.43 Å². The van der Waals surface area contributed by atoms with Gasteiger partial charge in [0.25, 0.3) is 0 Å². The number of nitrogens with one attached hydrogen (secondary N) is 1. The minimum absolute atomic E-state index is 0.142. The Morgan fingerprint density at radius 3 is 2.71 bits per heavy atom. The van der Waals surface area contributed by atoms with Gasteiger partial charge < -0.3 is 9.47 Å². The lowest BCUT2D eigenvalue weighted by Crippen LogP contribution is -2.15. The van der Waals surface area contributed by atoms with Crippen molar-refractivity contribution in [1.29, 1.82) is 0 Å². The van der Waals surface area contributed by atoms with Gasteiger partial charge >= 0.3 is 12.1 Å². The Labute approximate surface area is 171 Å². The van der Waals surface area contributed by atoms with Gasteiger partial charge in [-0.15, -0.1) is 0 Å². The number of esters is 1. The average molecular weight is 481 g/mol. The fourth-order valence-electron chi connectivity index (χ4n) is 1.93. The van der Waals surface area contributed by atoms with Gasteiger partial charge in [-0.1, -0.05) is 11.6 Å². The molecule has 0 unspecified atom stereocenters. The molecule has 2 aromatic rings. The summed E-state index contributed by atoms with van der Waals surface area (Å²) >= 11 is 9.43. The normalized spacial score (nSPS) is 11.5. The molecule has 0 atom stereocenters. The summed E-state index contributed by atoms with van der Waals surface area (Å²) in [5.41, 5.74) is 2.24. The van der Waals surface area contributed by atoms with Crippen LogP contribution in [0, 0.1) is 0 Å². The average Bonchev–Trinajstić information content (AvgIpc) is 2.61. The molecule has 1 aromatic carbocycles. The lowest BCUT2D eigenvalue weighted by atomic mass is 10.2. The Bertz CT molecular complexity index is 838. The highest BCUT2D eigenvalue weighted by atomic mass is 79.9. The third-order valence-corrected chi connectivity index (χ3v) is 4.01. The predicted octanol–water partition coefficient (Wildman–Crippen LogP) is 4.90. The number of hydrogen-bond acceptors (Lipinski definition) is 6. The summed E-state index contributed by atoms with van der Waals surface area (Å²) in [6.45, 7) is 1.64. The first kappa shape index (κ1) is 22.0. The van der Waals surface area contributed by atoms with Crippen molar-refractivity contribution in [2.24, 2.45) is 5.10 Å². The largest absolute Gasteiger partial charge is 0.479 e. The number of halogens is 5. The predicted molar refractivity (Wildman–Crippen MR) is 102 cm³/mol. The Hall–Kier alpha value is -2.33. The molecule has 28 heavy (non-hydrogen) atoms. The molecule has 0 bridgehead atoms. The topological polar surface area (TPSA) is 72.8 Å². The minimum Gasteiger partial charge on any atom is -0.479 e. The molecule has 11 heteroatoms. The highest BCUT2D eigenvalue weighted by Gasteiger charge is 2.30. The lowest BCUT2D eigenvalue weighted by Gasteiger charge is -2.10. The van der Waals surface area contributed by atoms with Crippen molar-refractivity contribution in [2.75, 3.05) is 18.6 Å². The van der Waals surface area contributed by atoms with E-state index in [0.29, 0.717) is 16.2 Å². The summed E-state index contributed by atoms with van der Waals surface area (Å²) in [5.74, 6) is -0.114. The maximum atomic E-state index is 12.5. The molecule has 0 aliphatic carbocycles. The summed E-state index contributed by atoms with van der Waals surface area (Å²) in [6, 6.07) is 5.24. The number of carbonyl (C=O) groups is 1. The van der Waals surface area contributed by atoms with Crippen LogP contribution in [0.5, 0.6) is 5.75 Å². The van der Waals surface area contributed by atoms with E-state index < -0.39 is 17.7 Å². The van der Waals surface area contributed by atoms with Crippen LogP contribution in [-0.4, -0.2) is 30.4 Å². The fraction of sp³-hybridized carbons (Fsp3) is 0.235. The molecule has 0 saturated carbocycles. The van der Waals surface area contributed by atoms with Crippen LogP contribution in [0.1, 0.15) is 18.1 Å². The first-order valence-corrected chi connectivity index (χ1v) is 8.97. The molecule has 0 fully saturated rings. The van der Waals surface area contributed by atoms with Crippen LogP contribution in [0.15, 0.2) is 40.0 Å². The Morgan fingerprint density at radius 2 is 2.14 bits per heavy atom. The molecule has 0 spiro atoms. The van der Waals surface area contributed by atoms with E-state index in [1.54, 1.807) is 13.0 Å². The molecule has 0 radical (unpaired) electrons. The van der Waals surface area contributed by atoms with E-state index in [4.69, 9.17) is 21.1 Å². The lowest BCUT2D eigenvalue weighted by molar-refractivity contribution is -0.145. The Kier molecular flexibility index (Phi) is 7.64. The number of benzene rings is 1. The second-order valence-electron chi connectivity index (χ2n) is 5.21. The van der Waals surface area contributed by atoms with Gasteiger partial charge in [0.2, 0.25) is 0 Å². The van der Waals surface area contributed by atoms with E-state index in [0.717, 1.165) is 12.1 Å². The molecule has 0 amide bonds. The zero-order valence-corrected chi connectivity index (χ0v) is 16.7. The SMILES string of the molecule is CCOC(=O)COc1c(Cl)cc(/C=N\Nc2ccc(C(F)(F)F)cn2)cc1Br. The van der Waals surface area contributed by atoms with E-state index in [2.05, 4.69) is 31.4 Å². The maximum Gasteiger partial charge on any atom is 0.417 e. The number of carbonyl (C=O) groups excluding carboxylic acids is 1. The summed E-state index contributed by atoms with van der Waals surface area (Å²) in [4.78, 5) is 15.0. The second kappa shape index (κ2) is 9.74. The van der Waals surface area contributed by atoms with Gasteiger partial charge in [-0.2, -0.15) is 18.3 Å². The molecule has 0 saturated heterocycles. The van der Waals surface area contributed by atoms with Gasteiger partial charge in [-0.05, 0) is 52.7 Å². The van der Waals surface area contributed by atoms with E-state index in [9.17, 15) is 18.0 Å². The standard InChI is InChI=1S/C17H14BrClF3N3O3/c1-2-27-15(26)9-28-16-12(18)5-10(6-13(16)19)7-24-25-14-4-3-11(8-23-14)17(20,21)22/h3-8H,2,9H2,1H3,(H,23,25)/b24-7-. The first-order chi connectivity index (χ1) is 13.2. The van der Waals surface area contributed by atoms with Gasteiger partial charge in [0.15, 0.2) is 12.4 Å². The van der Waals surface area contributed by atoms with Gasteiger partial charge in [0, 0.05) is 6.20 Å². The Balaban J connectivity index is 2.01. The van der Waals surface area contributed by atoms with Crippen molar-refractivity contribution in [3.05, 3.63) is 51.1 Å². The number of rotatable bonds is 7. The highest BCUT2D eigenvalue weighted by Crippen LogP contribution is 2.34. The molecular formula is C17H14BrClF3N3O3. The second-order valence-corrected chi connectivity index (χ2v) is 6.47. The molecule has 150 valence electrons. The fourth-order valence-corrected chi connectivity index (χ4v) is 2.92. The maximum absolute atomic E-state index is 12.5. The number of hydrazone groups is 1. The van der Waals surface area contributed by atoms with E-state index in [1.165, 1.54) is 12.3 Å². The quantitative estimate of drug-likeness (QED) is 0.347. The van der Waals surface area contributed by atoms with Crippen LogP contribution in [0.2, 0.25) is 5.02 Å². The van der Waals surface area contributed by atoms with Crippen LogP contribution in [0.25, 0.3) is 0 Å². The van der Waals surface area contributed by atoms with Gasteiger partial charge in [0.05, 0.1) is 27.9 Å². The van der Waals surface area contributed by atoms with Crippen molar-refractivity contribution < 1.29 is 27.4 Å². The third-order valence-electron chi connectivity index (χ3n) is 3.14. The van der Waals surface area contributed by atoms with Crippen molar-refractivity contribution in [2.45, 2.75) is 13.1 Å². The molecule has 1 aromatic heterocycles. The summed E-state index contributed by atoms with van der Waals surface area (Å²) < 4.78 is 48.1. The number of hydrogen-bond donors (Lipinski definition) is 1. The van der Waals surface area contributed by atoms with Crippen molar-refractivity contribution in [1.82, 2.24) is 4.98 Å². The van der Waals surface area contributed by atoms with Crippen LogP contribution in [0.4, 0.5) is 19.0 Å². The minimum atomic E-state index is -4.45. The smallest absolute Gasteiger partial charge is 0.417 e. The number of alkyl halides is 3. The molecule has 2 rings (SSSR count). The van der Waals surface area contributed by atoms with E-state index >= 15 is 0 Å². The number of ether oxygens (including phenoxy) is 2. The summed E-state index contributed by atoms with van der Waals surface area (Å²) in [7, 11) is 0. The van der Waals surface area contributed by atoms with Crippen molar-refractivity contribution in [3.8, 4) is 5.75 Å². The molecule has 0 aliphatic heterocycles. The Morgan fingerprint density at radius 1 is 1.39 bits per heavy atom. The molecule has 6 nitrogen and oxygen atoms in total. The van der Waals surface area contributed by atoms with E-state index in [-0.39, 0.29) is 29.8 Å². The highest BCUT2D eigenvalue weighted by molar-refractivity contribution is 9.10. The molecule has 0 aliphatic rings. The summed E-state index contributed by atoms with van der Waals surface area (Å²) in [6.07, 6.45) is -2.35. The van der Waals surface area contributed by atoms with Crippen molar-refractivity contribution >= 4 is 45.5 Å². The number of anilines is 1. The number of pyridine rings is 1. The number of aromatic nitrogens is 1. The zero-order chi connectivity index (χ0) is 20.7. The third kappa shape index (κ3) is 6.38. The molecule has 1 N–H and O–H groups in total. The molecule has 1 heterocycles. The zero-order valence-electron chi connectivity index (χ0n) is 14.4. The summed E-state index contributed by atoms with van der Waals surface area (Å²) in [5, 5.41) is 4.13. The van der Waals surface area contributed by atoms with Crippen LogP contribution in [-0.2, 0) is 15.7 Å². The van der Waals surface area contributed by atoms with Crippen LogP contribution in [0.3, 0.4) is 0 Å². The van der Waals surface area contributed by atoms with Gasteiger partial charge in [-0.25, -0.2) is 9.78 Å².